The summed E-state index contributed by atoms with van der Waals surface area (Å²) < 4.78 is 0. The number of nitrogens with one attached hydrogen (secondary N) is 1. The molecule has 1 unspecified atom stereocenters. The van der Waals surface area contributed by atoms with Gasteiger partial charge in [0.15, 0.2) is 0 Å². The van der Waals surface area contributed by atoms with E-state index in [0.717, 1.165) is 19.4 Å². The fraction of sp³-hybridized carbons (Fsp3) is 1.00. The first kappa shape index (κ1) is 9.88. The molecule has 10 heavy (non-hydrogen) atoms. The Balaban J connectivity index is 3.09. The van der Waals surface area contributed by atoms with E-state index in [1.807, 2.05) is 0 Å². The topological polar surface area (TPSA) is 52.5 Å². The maximum atomic E-state index is 8.74. The smallest absolute Gasteiger partial charge is 0.0931 e. The van der Waals surface area contributed by atoms with Gasteiger partial charge < -0.3 is 10.2 Å². The van der Waals surface area contributed by atoms with Crippen LogP contribution in [0.25, 0.3) is 0 Å². The number of aliphatic hydroxyl groups is 2. The normalized spacial score (nSPS) is 13.5. The lowest BCUT2D eigenvalue weighted by Crippen LogP contribution is -2.20. The monoisotopic (exact) mass is 147 g/mol. The summed E-state index contributed by atoms with van der Waals surface area (Å²) >= 11 is 0. The number of rotatable bonds is 6. The Morgan fingerprint density at radius 3 is 2.50 bits per heavy atom. The van der Waals surface area contributed by atoms with Crippen LogP contribution in [0.5, 0.6) is 0 Å². The second kappa shape index (κ2) is 6.99. The highest BCUT2D eigenvalue weighted by atomic mass is 16.3. The minimum absolute atomic E-state index is 0.0296. The Labute approximate surface area is 62.1 Å². The van der Waals surface area contributed by atoms with Crippen LogP contribution in [0.2, 0.25) is 0 Å². The molecule has 0 spiro atoms. The van der Waals surface area contributed by atoms with Gasteiger partial charge in [0.05, 0.1) is 6.73 Å². The van der Waals surface area contributed by atoms with Gasteiger partial charge in [-0.1, -0.05) is 13.3 Å². The third-order valence-electron chi connectivity index (χ3n) is 1.68. The minimum Gasteiger partial charge on any atom is -0.396 e. The molecule has 0 aliphatic carbocycles. The van der Waals surface area contributed by atoms with Gasteiger partial charge in [0.2, 0.25) is 0 Å². The SMILES string of the molecule is CCC(CO)CCNCO. The molecule has 0 aliphatic rings. The van der Waals surface area contributed by atoms with Crippen molar-refractivity contribution in [1.29, 1.82) is 0 Å². The lowest BCUT2D eigenvalue weighted by Gasteiger charge is -2.10. The van der Waals surface area contributed by atoms with Gasteiger partial charge in [-0.05, 0) is 18.9 Å². The van der Waals surface area contributed by atoms with Crippen LogP contribution in [0.3, 0.4) is 0 Å². The van der Waals surface area contributed by atoms with Crippen molar-refractivity contribution in [2.45, 2.75) is 19.8 Å². The number of aliphatic hydroxyl groups excluding tert-OH is 2. The molecule has 1 atom stereocenters. The van der Waals surface area contributed by atoms with E-state index in [1.165, 1.54) is 0 Å². The van der Waals surface area contributed by atoms with Crippen LogP contribution in [-0.2, 0) is 0 Å². The fourth-order valence-corrected chi connectivity index (χ4v) is 0.810. The van der Waals surface area contributed by atoms with Crippen LogP contribution < -0.4 is 5.32 Å². The van der Waals surface area contributed by atoms with Gasteiger partial charge in [-0.2, -0.15) is 0 Å². The summed E-state index contributed by atoms with van der Waals surface area (Å²) in [5.41, 5.74) is 0. The van der Waals surface area contributed by atoms with Crippen molar-refractivity contribution < 1.29 is 10.2 Å². The van der Waals surface area contributed by atoms with E-state index < -0.39 is 0 Å². The summed E-state index contributed by atoms with van der Waals surface area (Å²) in [5, 5.41) is 19.9. The van der Waals surface area contributed by atoms with Crippen LogP contribution in [0.1, 0.15) is 19.8 Å². The fourth-order valence-electron chi connectivity index (χ4n) is 0.810. The van der Waals surface area contributed by atoms with E-state index in [1.54, 1.807) is 0 Å². The first-order chi connectivity index (χ1) is 4.85. The second-order valence-corrected chi connectivity index (χ2v) is 2.40. The van der Waals surface area contributed by atoms with Crippen molar-refractivity contribution in [3.05, 3.63) is 0 Å². The van der Waals surface area contributed by atoms with Crippen LogP contribution in [0.4, 0.5) is 0 Å². The molecule has 3 N–H and O–H groups in total. The Morgan fingerprint density at radius 2 is 2.10 bits per heavy atom. The molecule has 3 heteroatoms. The first-order valence-corrected chi connectivity index (χ1v) is 3.77. The molecule has 62 valence electrons. The molecule has 0 saturated heterocycles. The Hall–Kier alpha value is -0.120. The number of hydrogen-bond donors (Lipinski definition) is 3. The minimum atomic E-state index is 0.0296. The Kier molecular flexibility index (Phi) is 6.91. The van der Waals surface area contributed by atoms with Crippen molar-refractivity contribution in [1.82, 2.24) is 5.32 Å². The third kappa shape index (κ3) is 4.73. The predicted molar refractivity (Wildman–Crippen MR) is 40.6 cm³/mol. The van der Waals surface area contributed by atoms with Crippen molar-refractivity contribution in [2.75, 3.05) is 19.9 Å². The van der Waals surface area contributed by atoms with Gasteiger partial charge in [0.25, 0.3) is 0 Å². The van der Waals surface area contributed by atoms with Gasteiger partial charge in [-0.25, -0.2) is 0 Å². The molecule has 0 heterocycles. The predicted octanol–water partition coefficient (Wildman–Crippen LogP) is -0.0656. The largest absolute Gasteiger partial charge is 0.396 e. The second-order valence-electron chi connectivity index (χ2n) is 2.40. The highest BCUT2D eigenvalue weighted by molar-refractivity contribution is 4.55. The Morgan fingerprint density at radius 1 is 1.40 bits per heavy atom. The van der Waals surface area contributed by atoms with Crippen LogP contribution in [-0.4, -0.2) is 30.1 Å². The molecule has 0 aromatic rings. The van der Waals surface area contributed by atoms with E-state index >= 15 is 0 Å². The van der Waals surface area contributed by atoms with E-state index in [0.29, 0.717) is 5.92 Å². The molecule has 3 nitrogen and oxygen atoms in total. The van der Waals surface area contributed by atoms with Crippen molar-refractivity contribution in [2.24, 2.45) is 5.92 Å². The lowest BCUT2D eigenvalue weighted by atomic mass is 10.0. The summed E-state index contributed by atoms with van der Waals surface area (Å²) in [6.45, 7) is 3.13. The van der Waals surface area contributed by atoms with Gasteiger partial charge in [0.1, 0.15) is 0 Å². The van der Waals surface area contributed by atoms with Crippen molar-refractivity contribution in [3.63, 3.8) is 0 Å². The van der Waals surface area contributed by atoms with Gasteiger partial charge >= 0.3 is 0 Å². The maximum Gasteiger partial charge on any atom is 0.0931 e. The lowest BCUT2D eigenvalue weighted by molar-refractivity contribution is 0.205. The summed E-state index contributed by atoms with van der Waals surface area (Å²) in [4.78, 5) is 0. The molecule has 0 aliphatic heterocycles. The third-order valence-corrected chi connectivity index (χ3v) is 1.68. The maximum absolute atomic E-state index is 8.74. The zero-order chi connectivity index (χ0) is 7.82. The van der Waals surface area contributed by atoms with E-state index in [4.69, 9.17) is 10.2 Å². The Bertz CT molecular complexity index is 64.6. The van der Waals surface area contributed by atoms with Crippen molar-refractivity contribution >= 4 is 0 Å². The molecule has 0 amide bonds. The summed E-state index contributed by atoms with van der Waals surface area (Å²) in [5.74, 6) is 0.388. The van der Waals surface area contributed by atoms with Gasteiger partial charge in [-0.3, -0.25) is 5.32 Å². The summed E-state index contributed by atoms with van der Waals surface area (Å²) in [6.07, 6.45) is 1.94. The molecular formula is C7H17NO2. The van der Waals surface area contributed by atoms with Crippen LogP contribution >= 0.6 is 0 Å². The van der Waals surface area contributed by atoms with Crippen molar-refractivity contribution in [3.8, 4) is 0 Å². The average molecular weight is 147 g/mol. The quantitative estimate of drug-likeness (QED) is 0.364. The first-order valence-electron chi connectivity index (χ1n) is 3.77. The van der Waals surface area contributed by atoms with E-state index in [2.05, 4.69) is 12.2 Å². The molecular weight excluding hydrogens is 130 g/mol. The van der Waals surface area contributed by atoms with E-state index in [9.17, 15) is 0 Å². The summed E-state index contributed by atoms with van der Waals surface area (Å²) in [7, 11) is 0. The van der Waals surface area contributed by atoms with Gasteiger partial charge in [0, 0.05) is 6.61 Å². The molecule has 0 aromatic heterocycles. The van der Waals surface area contributed by atoms with E-state index in [-0.39, 0.29) is 13.3 Å². The molecule has 0 fully saturated rings. The zero-order valence-electron chi connectivity index (χ0n) is 6.51. The number of hydrogen-bond acceptors (Lipinski definition) is 3. The zero-order valence-corrected chi connectivity index (χ0v) is 6.51. The van der Waals surface area contributed by atoms with Gasteiger partial charge in [-0.15, -0.1) is 0 Å². The standard InChI is InChI=1S/C7H17NO2/c1-2-7(5-9)3-4-8-6-10/h7-10H,2-6H2,1H3. The molecule has 0 bridgehead atoms. The summed E-state index contributed by atoms with van der Waals surface area (Å²) in [6, 6.07) is 0. The van der Waals surface area contributed by atoms with Crippen LogP contribution in [0.15, 0.2) is 0 Å². The average Bonchev–Trinajstić information content (AvgIpc) is 1.99. The molecule has 0 aromatic carbocycles. The highest BCUT2D eigenvalue weighted by Crippen LogP contribution is 2.04. The molecule has 0 saturated carbocycles. The van der Waals surface area contributed by atoms with Crippen LogP contribution in [0, 0.1) is 5.92 Å². The molecule has 0 rings (SSSR count). The molecule has 0 radical (unpaired) electrons. The highest BCUT2D eigenvalue weighted by Gasteiger charge is 2.02.